The van der Waals surface area contributed by atoms with E-state index >= 15 is 0 Å². The number of hydrogen-bond acceptors (Lipinski definition) is 5. The standard InChI is InChI=1S/C23H20BrN5OS/c1-15-3-4-16(2)20(13-15)26-21(30)14-31-23-28-27-22(17-9-11-25-12-10-17)29(23)19-7-5-18(24)6-8-19/h3-13H,14H2,1-2H3,(H,26,30). The van der Waals surface area contributed by atoms with Crippen LogP contribution in [0.15, 0.2) is 76.6 Å². The molecule has 2 heterocycles. The Balaban J connectivity index is 1.59. The van der Waals surface area contributed by atoms with Crippen LogP contribution in [0, 0.1) is 13.8 Å². The smallest absolute Gasteiger partial charge is 0.234 e. The predicted octanol–water partition coefficient (Wildman–Crippen LogP) is 5.44. The van der Waals surface area contributed by atoms with Crippen molar-refractivity contribution in [3.05, 3.63) is 82.6 Å². The maximum Gasteiger partial charge on any atom is 0.234 e. The second-order valence-electron chi connectivity index (χ2n) is 7.01. The SMILES string of the molecule is Cc1ccc(C)c(NC(=O)CSc2nnc(-c3ccncc3)n2-c2ccc(Br)cc2)c1. The van der Waals surface area contributed by atoms with Gasteiger partial charge in [-0.25, -0.2) is 0 Å². The Morgan fingerprint density at radius 1 is 1.03 bits per heavy atom. The zero-order valence-corrected chi connectivity index (χ0v) is 19.4. The van der Waals surface area contributed by atoms with Crippen molar-refractivity contribution in [2.45, 2.75) is 19.0 Å². The Hall–Kier alpha value is -2.97. The zero-order valence-electron chi connectivity index (χ0n) is 17.0. The number of aryl methyl sites for hydroxylation is 2. The van der Waals surface area contributed by atoms with E-state index in [0.29, 0.717) is 11.0 Å². The molecule has 6 nitrogen and oxygen atoms in total. The van der Waals surface area contributed by atoms with E-state index in [1.807, 2.05) is 73.0 Å². The molecule has 1 N–H and O–H groups in total. The quantitative estimate of drug-likeness (QED) is 0.362. The molecule has 4 aromatic rings. The molecular formula is C23H20BrN5OS. The third-order valence-electron chi connectivity index (χ3n) is 4.66. The molecule has 4 rings (SSSR count). The first kappa shape index (κ1) is 21.3. The minimum absolute atomic E-state index is 0.0884. The molecule has 0 aliphatic heterocycles. The number of thioether (sulfide) groups is 1. The lowest BCUT2D eigenvalue weighted by molar-refractivity contribution is -0.113. The number of rotatable bonds is 6. The number of pyridine rings is 1. The summed E-state index contributed by atoms with van der Waals surface area (Å²) in [4.78, 5) is 16.7. The van der Waals surface area contributed by atoms with E-state index in [1.165, 1.54) is 11.8 Å². The average molecular weight is 494 g/mol. The highest BCUT2D eigenvalue weighted by Crippen LogP contribution is 2.28. The van der Waals surface area contributed by atoms with E-state index in [9.17, 15) is 4.79 Å². The Bertz CT molecular complexity index is 1210. The van der Waals surface area contributed by atoms with Gasteiger partial charge in [0.1, 0.15) is 0 Å². The van der Waals surface area contributed by atoms with Gasteiger partial charge in [-0.05, 0) is 67.4 Å². The van der Waals surface area contributed by atoms with Gasteiger partial charge in [0.05, 0.1) is 5.75 Å². The van der Waals surface area contributed by atoms with Crippen LogP contribution in [0.25, 0.3) is 17.1 Å². The van der Waals surface area contributed by atoms with Gasteiger partial charge in [-0.15, -0.1) is 10.2 Å². The first-order chi connectivity index (χ1) is 15.0. The number of carbonyl (C=O) groups excluding carboxylic acids is 1. The van der Waals surface area contributed by atoms with Crippen molar-refractivity contribution >= 4 is 39.3 Å². The fourth-order valence-electron chi connectivity index (χ4n) is 3.06. The van der Waals surface area contributed by atoms with E-state index in [0.717, 1.165) is 32.5 Å². The number of carbonyl (C=O) groups is 1. The van der Waals surface area contributed by atoms with Crippen molar-refractivity contribution in [1.82, 2.24) is 19.7 Å². The summed E-state index contributed by atoms with van der Waals surface area (Å²) in [5.41, 5.74) is 4.78. The zero-order chi connectivity index (χ0) is 21.8. The lowest BCUT2D eigenvalue weighted by atomic mass is 10.1. The van der Waals surface area contributed by atoms with E-state index in [1.54, 1.807) is 12.4 Å². The Morgan fingerprint density at radius 3 is 2.52 bits per heavy atom. The summed E-state index contributed by atoms with van der Waals surface area (Å²) in [6.07, 6.45) is 3.45. The molecule has 0 bridgehead atoms. The van der Waals surface area contributed by atoms with Gasteiger partial charge in [0.15, 0.2) is 11.0 Å². The largest absolute Gasteiger partial charge is 0.325 e. The fraction of sp³-hybridized carbons (Fsp3) is 0.130. The van der Waals surface area contributed by atoms with E-state index < -0.39 is 0 Å². The molecule has 0 saturated carbocycles. The van der Waals surface area contributed by atoms with Crippen LogP contribution in [0.1, 0.15) is 11.1 Å². The van der Waals surface area contributed by atoms with Crippen molar-refractivity contribution in [3.63, 3.8) is 0 Å². The third kappa shape index (κ3) is 5.03. The van der Waals surface area contributed by atoms with Gasteiger partial charge in [0.2, 0.25) is 5.91 Å². The first-order valence-electron chi connectivity index (χ1n) is 9.63. The molecule has 8 heteroatoms. The Labute approximate surface area is 193 Å². The van der Waals surface area contributed by atoms with Crippen LogP contribution in [-0.4, -0.2) is 31.4 Å². The number of nitrogens with zero attached hydrogens (tertiary/aromatic N) is 4. The van der Waals surface area contributed by atoms with Gasteiger partial charge < -0.3 is 5.32 Å². The van der Waals surface area contributed by atoms with E-state index in [-0.39, 0.29) is 11.7 Å². The van der Waals surface area contributed by atoms with Crippen molar-refractivity contribution in [3.8, 4) is 17.1 Å². The number of amides is 1. The molecule has 0 unspecified atom stereocenters. The van der Waals surface area contributed by atoms with Crippen LogP contribution >= 0.6 is 27.7 Å². The highest BCUT2D eigenvalue weighted by molar-refractivity contribution is 9.10. The highest BCUT2D eigenvalue weighted by Gasteiger charge is 2.17. The molecule has 156 valence electrons. The number of halogens is 1. The number of nitrogens with one attached hydrogen (secondary N) is 1. The number of benzene rings is 2. The summed E-state index contributed by atoms with van der Waals surface area (Å²) in [5.74, 6) is 0.829. The van der Waals surface area contributed by atoms with Crippen LogP contribution in [0.2, 0.25) is 0 Å². The number of hydrogen-bond donors (Lipinski definition) is 1. The number of anilines is 1. The minimum Gasteiger partial charge on any atom is -0.325 e. The summed E-state index contributed by atoms with van der Waals surface area (Å²) < 4.78 is 2.94. The third-order valence-corrected chi connectivity index (χ3v) is 6.11. The topological polar surface area (TPSA) is 72.7 Å². The molecule has 0 atom stereocenters. The number of aromatic nitrogens is 4. The molecular weight excluding hydrogens is 474 g/mol. The summed E-state index contributed by atoms with van der Waals surface area (Å²) in [7, 11) is 0. The molecule has 0 radical (unpaired) electrons. The lowest BCUT2D eigenvalue weighted by Gasteiger charge is -2.11. The molecule has 1 amide bonds. The molecule has 0 aliphatic carbocycles. The van der Waals surface area contributed by atoms with Crippen LogP contribution in [0.5, 0.6) is 0 Å². The van der Waals surface area contributed by atoms with Crippen LogP contribution in [0.4, 0.5) is 5.69 Å². The summed E-state index contributed by atoms with van der Waals surface area (Å²) in [6.45, 7) is 3.98. The normalized spacial score (nSPS) is 10.8. The molecule has 2 aromatic carbocycles. The van der Waals surface area contributed by atoms with Crippen molar-refractivity contribution < 1.29 is 4.79 Å². The highest BCUT2D eigenvalue weighted by atomic mass is 79.9. The van der Waals surface area contributed by atoms with E-state index in [4.69, 9.17) is 0 Å². The van der Waals surface area contributed by atoms with Gasteiger partial charge >= 0.3 is 0 Å². The molecule has 0 spiro atoms. The second kappa shape index (κ2) is 9.45. The monoisotopic (exact) mass is 493 g/mol. The molecule has 0 aliphatic rings. The first-order valence-corrected chi connectivity index (χ1v) is 11.4. The van der Waals surface area contributed by atoms with Gasteiger partial charge in [0, 0.05) is 33.8 Å². The molecule has 31 heavy (non-hydrogen) atoms. The summed E-state index contributed by atoms with van der Waals surface area (Å²) in [5, 5.41) is 12.4. The van der Waals surface area contributed by atoms with Gasteiger partial charge in [0.25, 0.3) is 0 Å². The van der Waals surface area contributed by atoms with Crippen molar-refractivity contribution in [2.24, 2.45) is 0 Å². The van der Waals surface area contributed by atoms with Crippen LogP contribution in [0.3, 0.4) is 0 Å². The molecule has 2 aromatic heterocycles. The predicted molar refractivity (Wildman–Crippen MR) is 128 cm³/mol. The van der Waals surface area contributed by atoms with Gasteiger partial charge in [-0.3, -0.25) is 14.3 Å². The van der Waals surface area contributed by atoms with Crippen molar-refractivity contribution in [2.75, 3.05) is 11.1 Å². The van der Waals surface area contributed by atoms with Gasteiger partial charge in [-0.2, -0.15) is 0 Å². The van der Waals surface area contributed by atoms with Crippen LogP contribution in [-0.2, 0) is 4.79 Å². The minimum atomic E-state index is -0.0884. The lowest BCUT2D eigenvalue weighted by Crippen LogP contribution is -2.15. The Morgan fingerprint density at radius 2 is 1.77 bits per heavy atom. The Kier molecular flexibility index (Phi) is 6.48. The van der Waals surface area contributed by atoms with Crippen LogP contribution < -0.4 is 5.32 Å². The maximum absolute atomic E-state index is 12.6. The van der Waals surface area contributed by atoms with Crippen molar-refractivity contribution in [1.29, 1.82) is 0 Å². The van der Waals surface area contributed by atoms with Gasteiger partial charge in [-0.1, -0.05) is 39.8 Å². The fourth-order valence-corrected chi connectivity index (χ4v) is 4.08. The van der Waals surface area contributed by atoms with E-state index in [2.05, 4.69) is 36.4 Å². The second-order valence-corrected chi connectivity index (χ2v) is 8.87. The summed E-state index contributed by atoms with van der Waals surface area (Å²) in [6, 6.07) is 17.7. The average Bonchev–Trinajstić information content (AvgIpc) is 3.20. The molecule has 0 saturated heterocycles. The molecule has 0 fully saturated rings. The summed E-state index contributed by atoms with van der Waals surface area (Å²) >= 11 is 4.82. The maximum atomic E-state index is 12.6.